The number of hydrogen-bond donors (Lipinski definition) is 1. The van der Waals surface area contributed by atoms with E-state index in [2.05, 4.69) is 34.6 Å². The number of nitrogens with one attached hydrogen (secondary N) is 1. The van der Waals surface area contributed by atoms with Crippen LogP contribution in [-0.4, -0.2) is 19.6 Å². The molecule has 108 valence electrons. The Morgan fingerprint density at radius 3 is 2.68 bits per heavy atom. The smallest absolute Gasteiger partial charge is 0.215 e. The second kappa shape index (κ2) is 4.80. The molecule has 0 bridgehead atoms. The van der Waals surface area contributed by atoms with Gasteiger partial charge < -0.3 is 5.32 Å². The van der Waals surface area contributed by atoms with Crippen molar-refractivity contribution >= 4 is 28.2 Å². The van der Waals surface area contributed by atoms with Gasteiger partial charge in [-0.3, -0.25) is 0 Å². The summed E-state index contributed by atoms with van der Waals surface area (Å²) in [5.74, 6) is 1.53. The van der Waals surface area contributed by atoms with Gasteiger partial charge >= 0.3 is 0 Å². The molecule has 0 aliphatic rings. The standard InChI is InChI=1S/C17H15N5/c1-11-6-5-7-13(10-11)18-17-19-15-9-4-3-8-14(15)16-21-20-12(2)22(16)17/h3-10H,1-2H3,(H,18,19). The Kier molecular flexibility index (Phi) is 2.79. The molecule has 0 saturated heterocycles. The van der Waals surface area contributed by atoms with Crippen LogP contribution >= 0.6 is 0 Å². The highest BCUT2D eigenvalue weighted by Crippen LogP contribution is 2.24. The van der Waals surface area contributed by atoms with Crippen molar-refractivity contribution in [3.63, 3.8) is 0 Å². The molecule has 0 atom stereocenters. The molecule has 0 fully saturated rings. The molecule has 1 N–H and O–H groups in total. The van der Waals surface area contributed by atoms with Gasteiger partial charge in [0, 0.05) is 11.1 Å². The molecule has 2 aromatic carbocycles. The monoisotopic (exact) mass is 289 g/mol. The topological polar surface area (TPSA) is 55.1 Å². The third-order valence-corrected chi connectivity index (χ3v) is 3.68. The van der Waals surface area contributed by atoms with Crippen LogP contribution in [-0.2, 0) is 0 Å². The lowest BCUT2D eigenvalue weighted by Crippen LogP contribution is -2.04. The Hall–Kier alpha value is -2.95. The van der Waals surface area contributed by atoms with Crippen molar-refractivity contribution in [3.05, 3.63) is 59.9 Å². The van der Waals surface area contributed by atoms with Crippen LogP contribution in [0.5, 0.6) is 0 Å². The molecule has 0 aliphatic heterocycles. The van der Waals surface area contributed by atoms with Crippen LogP contribution in [0.4, 0.5) is 11.6 Å². The SMILES string of the molecule is Cc1cccc(Nc2nc3ccccc3c3nnc(C)n23)c1. The van der Waals surface area contributed by atoms with E-state index in [0.29, 0.717) is 0 Å². The molecule has 2 aromatic heterocycles. The minimum Gasteiger partial charge on any atom is -0.325 e. The first kappa shape index (κ1) is 12.8. The molecular formula is C17H15N5. The number of para-hydroxylation sites is 1. The average Bonchev–Trinajstić information content (AvgIpc) is 2.90. The molecule has 4 rings (SSSR count). The van der Waals surface area contributed by atoms with Crippen LogP contribution in [0.25, 0.3) is 16.6 Å². The first-order valence-corrected chi connectivity index (χ1v) is 7.16. The quantitative estimate of drug-likeness (QED) is 0.612. The summed E-state index contributed by atoms with van der Waals surface area (Å²) in [6, 6.07) is 16.2. The largest absolute Gasteiger partial charge is 0.325 e. The van der Waals surface area contributed by atoms with Gasteiger partial charge in [0.1, 0.15) is 5.82 Å². The van der Waals surface area contributed by atoms with E-state index in [0.717, 1.165) is 34.0 Å². The summed E-state index contributed by atoms with van der Waals surface area (Å²) in [4.78, 5) is 4.73. The van der Waals surface area contributed by atoms with Crippen LogP contribution in [0.1, 0.15) is 11.4 Å². The maximum Gasteiger partial charge on any atom is 0.215 e. The normalized spacial score (nSPS) is 11.2. The van der Waals surface area contributed by atoms with Crippen molar-refractivity contribution in [2.24, 2.45) is 0 Å². The van der Waals surface area contributed by atoms with Gasteiger partial charge in [-0.2, -0.15) is 0 Å². The highest BCUT2D eigenvalue weighted by molar-refractivity contribution is 5.92. The van der Waals surface area contributed by atoms with E-state index in [4.69, 9.17) is 4.98 Å². The average molecular weight is 289 g/mol. The van der Waals surface area contributed by atoms with E-state index in [-0.39, 0.29) is 0 Å². The highest BCUT2D eigenvalue weighted by atomic mass is 15.3. The highest BCUT2D eigenvalue weighted by Gasteiger charge is 2.12. The van der Waals surface area contributed by atoms with Crippen LogP contribution in [0.15, 0.2) is 48.5 Å². The van der Waals surface area contributed by atoms with E-state index in [1.807, 2.05) is 47.7 Å². The van der Waals surface area contributed by atoms with Gasteiger partial charge in [0.2, 0.25) is 5.95 Å². The van der Waals surface area contributed by atoms with Crippen molar-refractivity contribution in [1.29, 1.82) is 0 Å². The first-order valence-electron chi connectivity index (χ1n) is 7.16. The van der Waals surface area contributed by atoms with Gasteiger partial charge in [-0.1, -0.05) is 24.3 Å². The summed E-state index contributed by atoms with van der Waals surface area (Å²) in [5, 5.41) is 12.9. The molecule has 5 heteroatoms. The Balaban J connectivity index is 1.96. The molecule has 0 aliphatic carbocycles. The van der Waals surface area contributed by atoms with Gasteiger partial charge in [-0.05, 0) is 43.7 Å². The number of rotatable bonds is 2. The zero-order valence-electron chi connectivity index (χ0n) is 12.4. The number of hydrogen-bond acceptors (Lipinski definition) is 4. The third kappa shape index (κ3) is 1.98. The molecule has 0 radical (unpaired) electrons. The fourth-order valence-electron chi connectivity index (χ4n) is 2.65. The molecule has 4 aromatic rings. The lowest BCUT2D eigenvalue weighted by molar-refractivity contribution is 0.995. The molecule has 0 spiro atoms. The molecular weight excluding hydrogens is 274 g/mol. The fraction of sp³-hybridized carbons (Fsp3) is 0.118. The van der Waals surface area contributed by atoms with Gasteiger partial charge in [-0.25, -0.2) is 9.38 Å². The zero-order valence-corrected chi connectivity index (χ0v) is 12.4. The van der Waals surface area contributed by atoms with Crippen molar-refractivity contribution in [3.8, 4) is 0 Å². The minimum absolute atomic E-state index is 0.724. The number of fused-ring (bicyclic) bond motifs is 3. The summed E-state index contributed by atoms with van der Waals surface area (Å²) < 4.78 is 1.95. The van der Waals surface area contributed by atoms with Crippen molar-refractivity contribution in [2.75, 3.05) is 5.32 Å². The Morgan fingerprint density at radius 2 is 1.82 bits per heavy atom. The summed E-state index contributed by atoms with van der Waals surface area (Å²) >= 11 is 0. The van der Waals surface area contributed by atoms with E-state index in [1.54, 1.807) is 0 Å². The molecule has 2 heterocycles. The molecule has 0 unspecified atom stereocenters. The second-order valence-electron chi connectivity index (χ2n) is 5.35. The maximum absolute atomic E-state index is 4.73. The number of aromatic nitrogens is 4. The summed E-state index contributed by atoms with van der Waals surface area (Å²) in [6.45, 7) is 4.00. The molecule has 22 heavy (non-hydrogen) atoms. The summed E-state index contributed by atoms with van der Waals surface area (Å²) in [5.41, 5.74) is 3.91. The van der Waals surface area contributed by atoms with Gasteiger partial charge in [0.15, 0.2) is 5.65 Å². The van der Waals surface area contributed by atoms with Gasteiger partial charge in [0.05, 0.1) is 5.52 Å². The maximum atomic E-state index is 4.73. The second-order valence-corrected chi connectivity index (χ2v) is 5.35. The minimum atomic E-state index is 0.724. The zero-order chi connectivity index (χ0) is 15.1. The number of anilines is 2. The first-order chi connectivity index (χ1) is 10.7. The van der Waals surface area contributed by atoms with Crippen molar-refractivity contribution in [1.82, 2.24) is 19.6 Å². The van der Waals surface area contributed by atoms with E-state index >= 15 is 0 Å². The third-order valence-electron chi connectivity index (χ3n) is 3.68. The van der Waals surface area contributed by atoms with Gasteiger partial charge in [0.25, 0.3) is 0 Å². The Labute approximate surface area is 127 Å². The summed E-state index contributed by atoms with van der Waals surface area (Å²) in [7, 11) is 0. The fourth-order valence-corrected chi connectivity index (χ4v) is 2.65. The number of nitrogens with zero attached hydrogens (tertiary/aromatic N) is 4. The Morgan fingerprint density at radius 1 is 0.955 bits per heavy atom. The molecule has 5 nitrogen and oxygen atoms in total. The van der Waals surface area contributed by atoms with Crippen LogP contribution in [0.2, 0.25) is 0 Å². The lowest BCUT2D eigenvalue weighted by Gasteiger charge is -2.11. The van der Waals surface area contributed by atoms with E-state index in [1.165, 1.54) is 5.56 Å². The number of aryl methyl sites for hydroxylation is 2. The number of benzene rings is 2. The van der Waals surface area contributed by atoms with Crippen LogP contribution in [0, 0.1) is 13.8 Å². The van der Waals surface area contributed by atoms with E-state index in [9.17, 15) is 0 Å². The van der Waals surface area contributed by atoms with E-state index < -0.39 is 0 Å². The van der Waals surface area contributed by atoms with Crippen molar-refractivity contribution < 1.29 is 0 Å². The van der Waals surface area contributed by atoms with Crippen LogP contribution < -0.4 is 5.32 Å². The lowest BCUT2D eigenvalue weighted by atomic mass is 10.2. The predicted octanol–water partition coefficient (Wildman–Crippen LogP) is 3.64. The molecule has 0 amide bonds. The van der Waals surface area contributed by atoms with Gasteiger partial charge in [-0.15, -0.1) is 10.2 Å². The molecule has 0 saturated carbocycles. The van der Waals surface area contributed by atoms with Crippen LogP contribution in [0.3, 0.4) is 0 Å². The Bertz CT molecular complexity index is 987. The summed E-state index contributed by atoms with van der Waals surface area (Å²) in [6.07, 6.45) is 0. The van der Waals surface area contributed by atoms with Crippen molar-refractivity contribution in [2.45, 2.75) is 13.8 Å². The predicted molar refractivity (Wildman–Crippen MR) is 87.5 cm³/mol.